The molecule has 0 bridgehead atoms. The Morgan fingerprint density at radius 3 is 2.88 bits per heavy atom. The number of aromatic nitrogens is 3. The van der Waals surface area contributed by atoms with Crippen LogP contribution in [0.15, 0.2) is 29.1 Å². The summed E-state index contributed by atoms with van der Waals surface area (Å²) in [5.74, 6) is 1.30. The minimum absolute atomic E-state index is 0.0915. The van der Waals surface area contributed by atoms with Crippen molar-refractivity contribution in [3.8, 4) is 0 Å². The normalized spacial score (nSPS) is 27.5. The van der Waals surface area contributed by atoms with Gasteiger partial charge in [-0.2, -0.15) is 5.10 Å². The van der Waals surface area contributed by atoms with Gasteiger partial charge in [-0.3, -0.25) is 9.59 Å². The second-order valence-corrected chi connectivity index (χ2v) is 7.62. The lowest BCUT2D eigenvalue weighted by Gasteiger charge is -2.40. The highest BCUT2D eigenvalue weighted by Crippen LogP contribution is 2.48. The second-order valence-electron chi connectivity index (χ2n) is 7.62. The number of hydrogen-bond acceptors (Lipinski definition) is 5. The number of likely N-dealkylation sites (tertiary alicyclic amines) is 1. The van der Waals surface area contributed by atoms with E-state index in [1.54, 1.807) is 18.5 Å². The van der Waals surface area contributed by atoms with E-state index in [1.807, 2.05) is 9.58 Å². The van der Waals surface area contributed by atoms with Gasteiger partial charge in [0.05, 0.1) is 12.3 Å². The molecule has 2 amide bonds. The number of nitrogens with one attached hydrogen (secondary N) is 1. The molecule has 2 aromatic heterocycles. The Morgan fingerprint density at radius 2 is 2.12 bits per heavy atom. The molecule has 0 unspecified atom stereocenters. The van der Waals surface area contributed by atoms with Crippen LogP contribution in [0.4, 0.5) is 0 Å². The maximum Gasteiger partial charge on any atom is 0.289 e. The van der Waals surface area contributed by atoms with Gasteiger partial charge >= 0.3 is 0 Å². The quantitative estimate of drug-likeness (QED) is 0.898. The summed E-state index contributed by atoms with van der Waals surface area (Å²) >= 11 is 0. The van der Waals surface area contributed by atoms with Gasteiger partial charge in [-0.1, -0.05) is 0 Å². The van der Waals surface area contributed by atoms with Crippen molar-refractivity contribution >= 4 is 11.8 Å². The number of fused-ring (bicyclic) bond motifs is 1. The summed E-state index contributed by atoms with van der Waals surface area (Å²) in [6.07, 6.45) is 6.68. The van der Waals surface area contributed by atoms with Crippen LogP contribution in [0.2, 0.25) is 0 Å². The number of rotatable bonds is 3. The Morgan fingerprint density at radius 1 is 1.27 bits per heavy atom. The lowest BCUT2D eigenvalue weighted by Crippen LogP contribution is -2.48. The van der Waals surface area contributed by atoms with Crippen LogP contribution in [0, 0.1) is 11.3 Å². The van der Waals surface area contributed by atoms with Gasteiger partial charge in [-0.05, 0) is 37.8 Å². The van der Waals surface area contributed by atoms with Crippen molar-refractivity contribution in [2.24, 2.45) is 11.3 Å². The van der Waals surface area contributed by atoms with Crippen molar-refractivity contribution in [3.63, 3.8) is 0 Å². The fourth-order valence-electron chi connectivity index (χ4n) is 4.30. The first-order valence-corrected chi connectivity index (χ1v) is 9.17. The SMILES string of the molecule is O=C(N[C@H]1c2ncnn2CC[C@]12CCN(C(=O)c1ccco1)C2)C1CC1. The van der Waals surface area contributed by atoms with Crippen LogP contribution in [-0.2, 0) is 11.3 Å². The Bertz CT molecular complexity index is 841. The predicted molar refractivity (Wildman–Crippen MR) is 89.9 cm³/mol. The molecule has 1 spiro atoms. The van der Waals surface area contributed by atoms with Gasteiger partial charge in [-0.25, -0.2) is 9.67 Å². The van der Waals surface area contributed by atoms with Gasteiger partial charge < -0.3 is 14.6 Å². The Balaban J connectivity index is 1.42. The third kappa shape index (κ3) is 2.43. The zero-order chi connectivity index (χ0) is 17.7. The van der Waals surface area contributed by atoms with Crippen molar-refractivity contribution in [1.82, 2.24) is 25.0 Å². The number of nitrogens with zero attached hydrogens (tertiary/aromatic N) is 4. The molecule has 2 aliphatic heterocycles. The molecule has 1 N–H and O–H groups in total. The van der Waals surface area contributed by atoms with Gasteiger partial charge in [-0.15, -0.1) is 0 Å². The predicted octanol–water partition coefficient (Wildman–Crippen LogP) is 1.37. The molecule has 4 heterocycles. The van der Waals surface area contributed by atoms with Crippen LogP contribution in [-0.4, -0.2) is 44.6 Å². The van der Waals surface area contributed by atoms with E-state index in [1.165, 1.54) is 6.26 Å². The number of hydrogen-bond donors (Lipinski definition) is 1. The molecular weight excluding hydrogens is 334 g/mol. The Labute approximate surface area is 150 Å². The second kappa shape index (κ2) is 5.69. The molecule has 2 aromatic rings. The molecule has 1 aliphatic carbocycles. The summed E-state index contributed by atoms with van der Waals surface area (Å²) in [4.78, 5) is 31.4. The van der Waals surface area contributed by atoms with Crippen LogP contribution in [0.3, 0.4) is 0 Å². The van der Waals surface area contributed by atoms with Crippen molar-refractivity contribution in [3.05, 3.63) is 36.3 Å². The monoisotopic (exact) mass is 355 g/mol. The average Bonchev–Trinajstić information content (AvgIpc) is 3.07. The third-order valence-electron chi connectivity index (χ3n) is 5.98. The number of furan rings is 1. The van der Waals surface area contributed by atoms with Crippen LogP contribution >= 0.6 is 0 Å². The van der Waals surface area contributed by atoms with Crippen LogP contribution in [0.5, 0.6) is 0 Å². The number of amides is 2. The standard InChI is InChI=1S/C18H21N5O3/c24-16(12-3-4-12)21-14-15-19-11-20-23(15)8-6-18(14)5-7-22(10-18)17(25)13-2-1-9-26-13/h1-2,9,11-12,14H,3-8,10H2,(H,21,24)/t14-,18-/m0/s1. The van der Waals surface area contributed by atoms with E-state index in [2.05, 4.69) is 15.4 Å². The summed E-state index contributed by atoms with van der Waals surface area (Å²) in [5.41, 5.74) is -0.199. The summed E-state index contributed by atoms with van der Waals surface area (Å²) in [6.45, 7) is 2.01. The largest absolute Gasteiger partial charge is 0.459 e. The highest BCUT2D eigenvalue weighted by Gasteiger charge is 2.51. The average molecular weight is 355 g/mol. The van der Waals surface area contributed by atoms with Gasteiger partial charge in [0, 0.05) is 31.0 Å². The topological polar surface area (TPSA) is 93.3 Å². The molecule has 2 atom stereocenters. The molecule has 8 nitrogen and oxygen atoms in total. The number of aryl methyl sites for hydroxylation is 1. The molecule has 1 saturated heterocycles. The highest BCUT2D eigenvalue weighted by atomic mass is 16.3. The number of carbonyl (C=O) groups excluding carboxylic acids is 2. The van der Waals surface area contributed by atoms with Crippen LogP contribution < -0.4 is 5.32 Å². The molecular formula is C18H21N5O3. The fourth-order valence-corrected chi connectivity index (χ4v) is 4.30. The minimum atomic E-state index is -0.207. The molecule has 0 aromatic carbocycles. The van der Waals surface area contributed by atoms with E-state index in [0.717, 1.165) is 38.1 Å². The van der Waals surface area contributed by atoms with E-state index in [4.69, 9.17) is 4.42 Å². The highest BCUT2D eigenvalue weighted by molar-refractivity contribution is 5.91. The van der Waals surface area contributed by atoms with Crippen molar-refractivity contribution in [2.45, 2.75) is 38.3 Å². The molecule has 0 radical (unpaired) electrons. The first kappa shape index (κ1) is 15.6. The first-order valence-electron chi connectivity index (χ1n) is 9.17. The maximum atomic E-state index is 12.7. The summed E-state index contributed by atoms with van der Waals surface area (Å²) < 4.78 is 7.15. The lowest BCUT2D eigenvalue weighted by molar-refractivity contribution is -0.124. The van der Waals surface area contributed by atoms with E-state index >= 15 is 0 Å². The summed E-state index contributed by atoms with van der Waals surface area (Å²) in [6, 6.07) is 3.21. The third-order valence-corrected chi connectivity index (χ3v) is 5.98. The summed E-state index contributed by atoms with van der Waals surface area (Å²) in [5, 5.41) is 7.51. The van der Waals surface area contributed by atoms with Gasteiger partial charge in [0.2, 0.25) is 5.91 Å². The molecule has 8 heteroatoms. The van der Waals surface area contributed by atoms with Crippen molar-refractivity contribution in [1.29, 1.82) is 0 Å². The van der Waals surface area contributed by atoms with Gasteiger partial charge in [0.1, 0.15) is 12.2 Å². The molecule has 1 saturated carbocycles. The van der Waals surface area contributed by atoms with Gasteiger partial charge in [0.25, 0.3) is 5.91 Å². The van der Waals surface area contributed by atoms with Crippen molar-refractivity contribution in [2.75, 3.05) is 13.1 Å². The Kier molecular flexibility index (Phi) is 3.41. The molecule has 5 rings (SSSR count). The maximum absolute atomic E-state index is 12.7. The zero-order valence-electron chi connectivity index (χ0n) is 14.4. The summed E-state index contributed by atoms with van der Waals surface area (Å²) in [7, 11) is 0. The number of carbonyl (C=O) groups is 2. The van der Waals surface area contributed by atoms with Gasteiger partial charge in [0.15, 0.2) is 5.76 Å². The Hall–Kier alpha value is -2.64. The first-order chi connectivity index (χ1) is 12.7. The van der Waals surface area contributed by atoms with E-state index in [0.29, 0.717) is 18.8 Å². The van der Waals surface area contributed by atoms with E-state index in [-0.39, 0.29) is 29.2 Å². The van der Waals surface area contributed by atoms with E-state index < -0.39 is 0 Å². The van der Waals surface area contributed by atoms with Crippen molar-refractivity contribution < 1.29 is 14.0 Å². The minimum Gasteiger partial charge on any atom is -0.459 e. The molecule has 3 aliphatic rings. The molecule has 136 valence electrons. The van der Waals surface area contributed by atoms with E-state index in [9.17, 15) is 9.59 Å². The fraction of sp³-hybridized carbons (Fsp3) is 0.556. The van der Waals surface area contributed by atoms with Crippen LogP contribution in [0.25, 0.3) is 0 Å². The molecule has 2 fully saturated rings. The lowest BCUT2D eigenvalue weighted by atomic mass is 9.74. The zero-order valence-corrected chi connectivity index (χ0v) is 14.4. The smallest absolute Gasteiger partial charge is 0.289 e. The molecule has 26 heavy (non-hydrogen) atoms. The van der Waals surface area contributed by atoms with Crippen LogP contribution in [0.1, 0.15) is 48.1 Å².